The Morgan fingerprint density at radius 3 is 2.45 bits per heavy atom. The van der Waals surface area contributed by atoms with Gasteiger partial charge in [-0.3, -0.25) is 4.79 Å². The molecule has 3 rings (SSSR count). The van der Waals surface area contributed by atoms with Gasteiger partial charge >= 0.3 is 6.18 Å². The Bertz CT molecular complexity index is 1050. The van der Waals surface area contributed by atoms with Gasteiger partial charge in [-0.2, -0.15) is 18.3 Å². The van der Waals surface area contributed by atoms with Crippen molar-refractivity contribution in [3.05, 3.63) is 70.4 Å². The lowest BCUT2D eigenvalue weighted by Gasteiger charge is -2.13. The maximum absolute atomic E-state index is 13.3. The molecule has 0 aliphatic heterocycles. The van der Waals surface area contributed by atoms with Crippen LogP contribution in [0.25, 0.3) is 5.82 Å². The Labute approximate surface area is 168 Å². The van der Waals surface area contributed by atoms with Gasteiger partial charge < -0.3 is 5.32 Å². The topological polar surface area (TPSA) is 59.8 Å². The molecule has 29 heavy (non-hydrogen) atoms. The number of hydrogen-bond acceptors (Lipinski definition) is 3. The standard InChI is InChI=1S/C19H15ClF4N4O/c1-10(2)17-13(18(29)27-12-4-5-15(21)14(20)7-12)9-26-28(17)16-6-3-11(8-25-16)19(22,23)24/h3-10H,1-2H3,(H,27,29). The van der Waals surface area contributed by atoms with Crippen molar-refractivity contribution in [1.29, 1.82) is 0 Å². The van der Waals surface area contributed by atoms with Gasteiger partial charge in [-0.1, -0.05) is 25.4 Å². The van der Waals surface area contributed by atoms with Gasteiger partial charge in [0.15, 0.2) is 5.82 Å². The number of pyridine rings is 1. The van der Waals surface area contributed by atoms with E-state index in [-0.39, 0.29) is 28.0 Å². The highest BCUT2D eigenvalue weighted by Crippen LogP contribution is 2.30. The summed E-state index contributed by atoms with van der Waals surface area (Å²) in [6.07, 6.45) is -2.49. The lowest BCUT2D eigenvalue weighted by molar-refractivity contribution is -0.137. The summed E-state index contributed by atoms with van der Waals surface area (Å²) in [5.41, 5.74) is 0.0762. The number of carbonyl (C=O) groups excluding carboxylic acids is 1. The molecule has 0 unspecified atom stereocenters. The highest BCUT2D eigenvalue weighted by Gasteiger charge is 2.31. The number of benzene rings is 1. The first-order chi connectivity index (χ1) is 13.6. The number of rotatable bonds is 4. The van der Waals surface area contributed by atoms with Crippen LogP contribution in [0.1, 0.15) is 41.4 Å². The Morgan fingerprint density at radius 2 is 1.90 bits per heavy atom. The second kappa shape index (κ2) is 7.82. The maximum Gasteiger partial charge on any atom is 0.417 e. The van der Waals surface area contributed by atoms with Gasteiger partial charge in [0.05, 0.1) is 28.0 Å². The van der Waals surface area contributed by atoms with Crippen molar-refractivity contribution in [2.45, 2.75) is 25.9 Å². The molecule has 2 heterocycles. The van der Waals surface area contributed by atoms with E-state index in [2.05, 4.69) is 15.4 Å². The van der Waals surface area contributed by atoms with Crippen LogP contribution in [0.15, 0.2) is 42.7 Å². The molecule has 1 amide bonds. The molecule has 5 nitrogen and oxygen atoms in total. The maximum atomic E-state index is 13.3. The summed E-state index contributed by atoms with van der Waals surface area (Å²) in [6, 6.07) is 5.83. The van der Waals surface area contributed by atoms with Crippen molar-refractivity contribution in [3.8, 4) is 5.82 Å². The lowest BCUT2D eigenvalue weighted by atomic mass is 10.1. The number of hydrogen-bond donors (Lipinski definition) is 1. The number of nitrogens with zero attached hydrogens (tertiary/aromatic N) is 3. The molecule has 1 N–H and O–H groups in total. The minimum atomic E-state index is -4.50. The van der Waals surface area contributed by atoms with Gasteiger partial charge in [0.25, 0.3) is 5.91 Å². The lowest BCUT2D eigenvalue weighted by Crippen LogP contribution is -2.16. The molecule has 0 radical (unpaired) electrons. The summed E-state index contributed by atoms with van der Waals surface area (Å²) in [7, 11) is 0. The second-order valence-electron chi connectivity index (χ2n) is 6.50. The van der Waals surface area contributed by atoms with E-state index in [0.717, 1.165) is 12.1 Å². The fraction of sp³-hybridized carbons (Fsp3) is 0.211. The fourth-order valence-corrected chi connectivity index (χ4v) is 2.90. The third-order valence-electron chi connectivity index (χ3n) is 4.07. The van der Waals surface area contributed by atoms with E-state index in [4.69, 9.17) is 11.6 Å². The first-order valence-electron chi connectivity index (χ1n) is 8.46. The number of carbonyl (C=O) groups is 1. The molecular weight excluding hydrogens is 412 g/mol. The predicted molar refractivity (Wildman–Crippen MR) is 99.8 cm³/mol. The first-order valence-corrected chi connectivity index (χ1v) is 8.83. The third-order valence-corrected chi connectivity index (χ3v) is 4.36. The van der Waals surface area contributed by atoms with Crippen molar-refractivity contribution >= 4 is 23.2 Å². The Morgan fingerprint density at radius 1 is 1.17 bits per heavy atom. The molecule has 0 aliphatic carbocycles. The zero-order valence-corrected chi connectivity index (χ0v) is 16.0. The average molecular weight is 427 g/mol. The second-order valence-corrected chi connectivity index (χ2v) is 6.90. The van der Waals surface area contributed by atoms with Gasteiger partial charge in [-0.05, 0) is 36.2 Å². The smallest absolute Gasteiger partial charge is 0.322 e. The number of amides is 1. The summed E-state index contributed by atoms with van der Waals surface area (Å²) in [6.45, 7) is 3.62. The minimum Gasteiger partial charge on any atom is -0.322 e. The van der Waals surface area contributed by atoms with E-state index in [9.17, 15) is 22.4 Å². The van der Waals surface area contributed by atoms with Crippen molar-refractivity contribution < 1.29 is 22.4 Å². The predicted octanol–water partition coefficient (Wildman–Crippen LogP) is 5.45. The van der Waals surface area contributed by atoms with Crippen LogP contribution in [0.3, 0.4) is 0 Å². The monoisotopic (exact) mass is 426 g/mol. The van der Waals surface area contributed by atoms with Crippen LogP contribution in [0.2, 0.25) is 5.02 Å². The molecule has 0 aliphatic rings. The van der Waals surface area contributed by atoms with Gasteiger partial charge in [0.1, 0.15) is 5.82 Å². The van der Waals surface area contributed by atoms with Gasteiger partial charge in [0, 0.05) is 11.9 Å². The molecule has 0 fully saturated rings. The van der Waals surface area contributed by atoms with Crippen molar-refractivity contribution in [2.24, 2.45) is 0 Å². The van der Waals surface area contributed by atoms with E-state index >= 15 is 0 Å². The van der Waals surface area contributed by atoms with E-state index in [1.54, 1.807) is 0 Å². The van der Waals surface area contributed by atoms with E-state index < -0.39 is 23.5 Å². The normalized spacial score (nSPS) is 11.7. The molecule has 0 saturated heterocycles. The number of halogens is 5. The average Bonchev–Trinajstić information content (AvgIpc) is 3.10. The van der Waals surface area contributed by atoms with Crippen LogP contribution in [-0.4, -0.2) is 20.7 Å². The van der Waals surface area contributed by atoms with Crippen LogP contribution in [0.5, 0.6) is 0 Å². The third kappa shape index (κ3) is 4.40. The van der Waals surface area contributed by atoms with Gasteiger partial charge in [0.2, 0.25) is 0 Å². The number of aromatic nitrogens is 3. The van der Waals surface area contributed by atoms with Crippen LogP contribution in [0, 0.1) is 5.82 Å². The quantitative estimate of drug-likeness (QED) is 0.564. The molecule has 3 aromatic rings. The van der Waals surface area contributed by atoms with Crippen LogP contribution in [-0.2, 0) is 6.18 Å². The molecule has 0 spiro atoms. The molecule has 1 aromatic carbocycles. The highest BCUT2D eigenvalue weighted by atomic mass is 35.5. The zero-order valence-electron chi connectivity index (χ0n) is 15.3. The van der Waals surface area contributed by atoms with E-state index in [1.165, 1.54) is 29.1 Å². The summed E-state index contributed by atoms with van der Waals surface area (Å²) < 4.78 is 52.9. The molecule has 0 bridgehead atoms. The molecule has 0 saturated carbocycles. The van der Waals surface area contributed by atoms with Crippen molar-refractivity contribution in [2.75, 3.05) is 5.32 Å². The first kappa shape index (κ1) is 20.8. The highest BCUT2D eigenvalue weighted by molar-refractivity contribution is 6.31. The number of anilines is 1. The molecule has 152 valence electrons. The minimum absolute atomic E-state index is 0.142. The Hall–Kier alpha value is -2.94. The Balaban J connectivity index is 1.94. The van der Waals surface area contributed by atoms with Crippen LogP contribution < -0.4 is 5.32 Å². The zero-order chi connectivity index (χ0) is 21.3. The summed E-state index contributed by atoms with van der Waals surface area (Å²) in [5.74, 6) is -1.19. The van der Waals surface area contributed by atoms with Crippen molar-refractivity contribution in [1.82, 2.24) is 14.8 Å². The number of nitrogens with one attached hydrogen (secondary N) is 1. The largest absolute Gasteiger partial charge is 0.417 e. The summed E-state index contributed by atoms with van der Waals surface area (Å²) in [5, 5.41) is 6.58. The van der Waals surface area contributed by atoms with E-state index in [1.807, 2.05) is 13.8 Å². The number of alkyl halides is 3. The molecule has 0 atom stereocenters. The summed E-state index contributed by atoms with van der Waals surface area (Å²) >= 11 is 5.72. The summed E-state index contributed by atoms with van der Waals surface area (Å²) in [4.78, 5) is 16.5. The van der Waals surface area contributed by atoms with Gasteiger partial charge in [-0.25, -0.2) is 14.1 Å². The van der Waals surface area contributed by atoms with Crippen LogP contribution >= 0.6 is 11.6 Å². The van der Waals surface area contributed by atoms with Gasteiger partial charge in [-0.15, -0.1) is 0 Å². The van der Waals surface area contributed by atoms with Crippen LogP contribution in [0.4, 0.5) is 23.2 Å². The molecule has 2 aromatic heterocycles. The molecular formula is C19H15ClF4N4O. The van der Waals surface area contributed by atoms with Crippen molar-refractivity contribution in [3.63, 3.8) is 0 Å². The molecule has 10 heteroatoms. The SMILES string of the molecule is CC(C)c1c(C(=O)Nc2ccc(F)c(Cl)c2)cnn1-c1ccc(C(F)(F)F)cn1. The fourth-order valence-electron chi connectivity index (χ4n) is 2.72. The Kier molecular flexibility index (Phi) is 5.61. The van der Waals surface area contributed by atoms with E-state index in [0.29, 0.717) is 11.9 Å².